The molecule has 1 amide bonds. The highest BCUT2D eigenvalue weighted by molar-refractivity contribution is 7.99. The molecule has 146 valence electrons. The number of hydrogen-bond donors (Lipinski definition) is 0. The maximum Gasteiger partial charge on any atom is 0.256 e. The monoisotopic (exact) mass is 407 g/mol. The summed E-state index contributed by atoms with van der Waals surface area (Å²) in [4.78, 5) is 16.9. The van der Waals surface area contributed by atoms with Gasteiger partial charge in [-0.3, -0.25) is 4.79 Å². The lowest BCUT2D eigenvalue weighted by atomic mass is 9.97. The van der Waals surface area contributed by atoms with Gasteiger partial charge in [0.05, 0.1) is 6.04 Å². The zero-order valence-electron chi connectivity index (χ0n) is 16.4. The van der Waals surface area contributed by atoms with Crippen molar-refractivity contribution in [2.45, 2.75) is 16.3 Å². The molecule has 0 spiro atoms. The van der Waals surface area contributed by atoms with Crippen LogP contribution < -0.4 is 0 Å². The molecule has 4 aromatic carbocycles. The van der Waals surface area contributed by atoms with Crippen LogP contribution in [0.1, 0.15) is 38.5 Å². The predicted molar refractivity (Wildman–Crippen MR) is 122 cm³/mol. The number of amides is 1. The van der Waals surface area contributed by atoms with Crippen molar-refractivity contribution in [3.8, 4) is 0 Å². The summed E-state index contributed by atoms with van der Waals surface area (Å²) >= 11 is 1.73. The topological polar surface area (TPSA) is 20.3 Å². The maximum absolute atomic E-state index is 13.7. The van der Waals surface area contributed by atoms with Crippen LogP contribution >= 0.6 is 11.8 Å². The molecular weight excluding hydrogens is 386 g/mol. The number of nitrogens with zero attached hydrogens (tertiary/aromatic N) is 1. The van der Waals surface area contributed by atoms with E-state index >= 15 is 0 Å². The van der Waals surface area contributed by atoms with E-state index < -0.39 is 0 Å². The molecule has 2 nitrogen and oxygen atoms in total. The molecule has 1 aliphatic heterocycles. The third-order valence-electron chi connectivity index (χ3n) is 5.44. The van der Waals surface area contributed by atoms with Crippen LogP contribution in [0.15, 0.2) is 120 Å². The fraction of sp³-hybridized carbons (Fsp3) is 0.0741. The van der Waals surface area contributed by atoms with Crippen molar-refractivity contribution in [3.05, 3.63) is 138 Å². The molecule has 1 atom stereocenters. The number of carbonyl (C=O) groups excluding carboxylic acids is 1. The number of carbonyl (C=O) groups is 1. The first kappa shape index (κ1) is 18.7. The second kappa shape index (κ2) is 8.21. The molecule has 1 heterocycles. The molecule has 4 aromatic rings. The molecule has 0 bridgehead atoms. The van der Waals surface area contributed by atoms with Crippen molar-refractivity contribution >= 4 is 17.7 Å². The molecule has 0 aliphatic carbocycles. The van der Waals surface area contributed by atoms with Gasteiger partial charge < -0.3 is 4.90 Å². The molecule has 3 heteroatoms. The first-order valence-electron chi connectivity index (χ1n) is 10.1. The van der Waals surface area contributed by atoms with Crippen molar-refractivity contribution in [2.75, 3.05) is 0 Å². The Balaban J connectivity index is 1.66. The molecule has 0 saturated heterocycles. The SMILES string of the molecule is O=C1c2ccccc2C(Sc2ccccc2)N1C(c1ccccc1)c1ccccc1. The van der Waals surface area contributed by atoms with Gasteiger partial charge in [0.1, 0.15) is 5.37 Å². The van der Waals surface area contributed by atoms with E-state index in [0.717, 1.165) is 27.1 Å². The average Bonchev–Trinajstić information content (AvgIpc) is 3.08. The Morgan fingerprint density at radius 1 is 0.633 bits per heavy atom. The van der Waals surface area contributed by atoms with Crippen molar-refractivity contribution in [3.63, 3.8) is 0 Å². The van der Waals surface area contributed by atoms with Crippen molar-refractivity contribution in [1.29, 1.82) is 0 Å². The smallest absolute Gasteiger partial charge is 0.256 e. The Bertz CT molecular complexity index is 1110. The van der Waals surface area contributed by atoms with Gasteiger partial charge in [-0.15, -0.1) is 0 Å². The number of fused-ring (bicyclic) bond motifs is 1. The Labute approximate surface area is 181 Å². The standard InChI is InChI=1S/C27H21NOS/c29-26-23-18-10-11-19-24(23)27(30-22-16-8-3-9-17-22)28(26)25(20-12-4-1-5-13-20)21-14-6-2-7-15-21/h1-19,25,27H. The molecule has 0 radical (unpaired) electrons. The lowest BCUT2D eigenvalue weighted by molar-refractivity contribution is 0.0725. The van der Waals surface area contributed by atoms with Gasteiger partial charge in [0.2, 0.25) is 0 Å². The Hall–Kier alpha value is -3.30. The van der Waals surface area contributed by atoms with Crippen molar-refractivity contribution in [2.24, 2.45) is 0 Å². The fourth-order valence-corrected chi connectivity index (χ4v) is 5.32. The van der Waals surface area contributed by atoms with Crippen molar-refractivity contribution in [1.82, 2.24) is 4.90 Å². The minimum Gasteiger partial charge on any atom is -0.311 e. The Kier molecular flexibility index (Phi) is 5.12. The van der Waals surface area contributed by atoms with Gasteiger partial charge in [-0.2, -0.15) is 0 Å². The third-order valence-corrected chi connectivity index (χ3v) is 6.69. The van der Waals surface area contributed by atoms with Gasteiger partial charge in [-0.05, 0) is 34.9 Å². The molecule has 0 aromatic heterocycles. The zero-order valence-corrected chi connectivity index (χ0v) is 17.2. The van der Waals surface area contributed by atoms with Crippen LogP contribution in [0.5, 0.6) is 0 Å². The summed E-state index contributed by atoms with van der Waals surface area (Å²) in [6.07, 6.45) is 0. The minimum atomic E-state index is -0.159. The van der Waals surface area contributed by atoms with E-state index in [1.165, 1.54) is 0 Å². The quantitative estimate of drug-likeness (QED) is 0.366. The molecule has 0 fully saturated rings. The van der Waals surface area contributed by atoms with E-state index in [9.17, 15) is 4.79 Å². The average molecular weight is 408 g/mol. The number of benzene rings is 4. The Morgan fingerprint density at radius 3 is 1.73 bits per heavy atom. The molecule has 30 heavy (non-hydrogen) atoms. The number of thioether (sulfide) groups is 1. The van der Waals surface area contributed by atoms with E-state index in [0.29, 0.717) is 0 Å². The van der Waals surface area contributed by atoms with E-state index in [1.807, 2.05) is 77.7 Å². The van der Waals surface area contributed by atoms with Gasteiger partial charge in [-0.25, -0.2) is 0 Å². The van der Waals surface area contributed by atoms with Crippen LogP contribution in [0.4, 0.5) is 0 Å². The summed E-state index contributed by atoms with van der Waals surface area (Å²) in [6.45, 7) is 0. The largest absolute Gasteiger partial charge is 0.311 e. The highest BCUT2D eigenvalue weighted by Gasteiger charge is 2.42. The van der Waals surface area contributed by atoms with Crippen LogP contribution in [0, 0.1) is 0 Å². The first-order valence-corrected chi connectivity index (χ1v) is 10.9. The van der Waals surface area contributed by atoms with Crippen LogP contribution in [0.2, 0.25) is 0 Å². The molecule has 0 N–H and O–H groups in total. The van der Waals surface area contributed by atoms with E-state index in [2.05, 4.69) is 42.5 Å². The summed E-state index contributed by atoms with van der Waals surface area (Å²) in [6, 6.07) is 38.8. The van der Waals surface area contributed by atoms with Gasteiger partial charge in [0.15, 0.2) is 0 Å². The van der Waals surface area contributed by atoms with Crippen molar-refractivity contribution < 1.29 is 4.79 Å². The van der Waals surface area contributed by atoms with E-state index in [1.54, 1.807) is 11.8 Å². The van der Waals surface area contributed by atoms with Crippen LogP contribution in [0.3, 0.4) is 0 Å². The second-order valence-electron chi connectivity index (χ2n) is 7.31. The van der Waals surface area contributed by atoms with Crippen LogP contribution in [0.25, 0.3) is 0 Å². The summed E-state index contributed by atoms with van der Waals surface area (Å²) in [5.74, 6) is 0.0803. The van der Waals surface area contributed by atoms with Gasteiger partial charge in [0, 0.05) is 10.5 Å². The molecule has 0 saturated carbocycles. The number of rotatable bonds is 5. The van der Waals surface area contributed by atoms with Gasteiger partial charge in [-0.1, -0.05) is 109 Å². The summed E-state index contributed by atoms with van der Waals surface area (Å²) in [7, 11) is 0. The summed E-state index contributed by atoms with van der Waals surface area (Å²) in [5.41, 5.74) is 4.10. The fourth-order valence-electron chi connectivity index (χ4n) is 4.09. The van der Waals surface area contributed by atoms with E-state index in [-0.39, 0.29) is 17.3 Å². The summed E-state index contributed by atoms with van der Waals surface area (Å²) < 4.78 is 0. The van der Waals surface area contributed by atoms with E-state index in [4.69, 9.17) is 0 Å². The van der Waals surface area contributed by atoms with Crippen LogP contribution in [-0.4, -0.2) is 10.8 Å². The highest BCUT2D eigenvalue weighted by Crippen LogP contribution is 2.49. The molecule has 5 rings (SSSR count). The first-order chi connectivity index (χ1) is 14.8. The normalized spacial score (nSPS) is 15.4. The minimum absolute atomic E-state index is 0.0803. The lowest BCUT2D eigenvalue weighted by Crippen LogP contribution is -2.32. The highest BCUT2D eigenvalue weighted by atomic mass is 32.2. The number of hydrogen-bond acceptors (Lipinski definition) is 2. The maximum atomic E-state index is 13.7. The zero-order chi connectivity index (χ0) is 20.3. The molecular formula is C27H21NOS. The summed E-state index contributed by atoms with van der Waals surface area (Å²) in [5, 5.41) is -0.0958. The van der Waals surface area contributed by atoms with Crippen LogP contribution in [-0.2, 0) is 0 Å². The Morgan fingerprint density at radius 2 is 1.13 bits per heavy atom. The molecule has 1 aliphatic rings. The predicted octanol–water partition coefficient (Wildman–Crippen LogP) is 6.72. The second-order valence-corrected chi connectivity index (χ2v) is 8.46. The van der Waals surface area contributed by atoms with Gasteiger partial charge in [0.25, 0.3) is 5.91 Å². The van der Waals surface area contributed by atoms with Gasteiger partial charge >= 0.3 is 0 Å². The third kappa shape index (κ3) is 3.42. The molecule has 1 unspecified atom stereocenters. The lowest BCUT2D eigenvalue weighted by Gasteiger charge is -2.34.